The van der Waals surface area contributed by atoms with E-state index in [0.717, 1.165) is 48.1 Å². The van der Waals surface area contributed by atoms with Gasteiger partial charge in [0, 0.05) is 11.3 Å². The highest BCUT2D eigenvalue weighted by Gasteiger charge is 2.45. The number of thiophene rings is 1. The highest BCUT2D eigenvalue weighted by molar-refractivity contribution is 7.16. The van der Waals surface area contributed by atoms with Crippen LogP contribution < -0.4 is 21.3 Å². The number of halogens is 1. The summed E-state index contributed by atoms with van der Waals surface area (Å²) in [5, 5.41) is 15.1. The van der Waals surface area contributed by atoms with Gasteiger partial charge in [0.15, 0.2) is 0 Å². The van der Waals surface area contributed by atoms with Gasteiger partial charge in [-0.2, -0.15) is 5.01 Å². The molecule has 2 atom stereocenters. The van der Waals surface area contributed by atoms with Gasteiger partial charge in [-0.15, -0.1) is 16.9 Å². The molecule has 3 aliphatic rings. The fourth-order valence-corrected chi connectivity index (χ4v) is 5.71. The van der Waals surface area contributed by atoms with Crippen LogP contribution >= 0.6 is 22.9 Å². The Balaban J connectivity index is 1.39. The van der Waals surface area contributed by atoms with E-state index in [9.17, 15) is 5.11 Å². The molecule has 1 fully saturated rings. The third-order valence-electron chi connectivity index (χ3n) is 5.57. The molecule has 1 aromatic carbocycles. The number of ether oxygens (including phenoxy) is 1. The highest BCUT2D eigenvalue weighted by Crippen LogP contribution is 2.47. The zero-order valence-electron chi connectivity index (χ0n) is 14.7. The van der Waals surface area contributed by atoms with E-state index in [1.165, 1.54) is 10.4 Å². The Morgan fingerprint density at radius 1 is 1.33 bits per heavy atom. The molecule has 1 aromatic heterocycles. The molecule has 4 heterocycles. The first kappa shape index (κ1) is 17.3. The van der Waals surface area contributed by atoms with Crippen LogP contribution in [0.25, 0.3) is 0 Å². The van der Waals surface area contributed by atoms with Crippen molar-refractivity contribution in [1.29, 1.82) is 0 Å². The van der Waals surface area contributed by atoms with Crippen LogP contribution in [0.5, 0.6) is 5.75 Å². The Hall–Kier alpha value is -1.77. The van der Waals surface area contributed by atoms with Crippen LogP contribution in [0.2, 0.25) is 4.34 Å². The Labute approximate surface area is 166 Å². The monoisotopic (exact) mass is 405 g/mol. The van der Waals surface area contributed by atoms with Crippen LogP contribution in [0, 0.1) is 0 Å². The fourth-order valence-electron chi connectivity index (χ4n) is 4.23. The summed E-state index contributed by atoms with van der Waals surface area (Å²) in [5.41, 5.74) is 8.58. The summed E-state index contributed by atoms with van der Waals surface area (Å²) in [5.74, 6) is 0.269. The lowest BCUT2D eigenvalue weighted by molar-refractivity contribution is -0.700. The minimum absolute atomic E-state index is 0.184. The molecule has 0 saturated carbocycles. The number of aromatic hydroxyl groups is 1. The molecule has 6 nitrogen and oxygen atoms in total. The second-order valence-electron chi connectivity index (χ2n) is 7.24. The molecule has 142 valence electrons. The number of hydrogen-bond donors (Lipinski definition) is 4. The lowest BCUT2D eigenvalue weighted by atomic mass is 9.82. The lowest BCUT2D eigenvalue weighted by Crippen LogP contribution is -2.98. The minimum Gasteiger partial charge on any atom is -0.508 e. The van der Waals surface area contributed by atoms with E-state index in [1.807, 2.05) is 22.7 Å². The number of anilines is 1. The second-order valence-corrected chi connectivity index (χ2v) is 8.92. The largest absolute Gasteiger partial charge is 0.508 e. The van der Waals surface area contributed by atoms with Crippen LogP contribution in [0.15, 0.2) is 42.2 Å². The molecule has 8 heteroatoms. The molecule has 27 heavy (non-hydrogen) atoms. The summed E-state index contributed by atoms with van der Waals surface area (Å²) in [7, 11) is 0. The topological polar surface area (TPSA) is 73.4 Å². The van der Waals surface area contributed by atoms with Gasteiger partial charge < -0.3 is 15.2 Å². The number of hydrogen-bond acceptors (Lipinski definition) is 6. The maximum atomic E-state index is 9.49. The average molecular weight is 406 g/mol. The molecule has 0 radical (unpaired) electrons. The summed E-state index contributed by atoms with van der Waals surface area (Å²) < 4.78 is 7.22. The van der Waals surface area contributed by atoms with E-state index < -0.39 is 0 Å². The number of benzene rings is 1. The number of phenols is 1. The molecular weight excluding hydrogens is 384 g/mol. The van der Waals surface area contributed by atoms with Crippen LogP contribution in [-0.4, -0.2) is 24.3 Å². The number of rotatable bonds is 2. The third kappa shape index (κ3) is 3.09. The SMILES string of the molecule is Oc1ccc(N2C=C([C@@H]3CC4(CCN3)OCCc3cc(Cl)sc34)N[NH2+]2)cc1. The average Bonchev–Trinajstić information content (AvgIpc) is 3.30. The van der Waals surface area contributed by atoms with E-state index >= 15 is 0 Å². The number of phenolic OH excluding ortho intramolecular Hbond substituents is 1. The van der Waals surface area contributed by atoms with Crippen molar-refractivity contribution in [2.24, 2.45) is 0 Å². The van der Waals surface area contributed by atoms with Crippen molar-refractivity contribution in [1.82, 2.24) is 10.7 Å². The van der Waals surface area contributed by atoms with Gasteiger partial charge in [0.1, 0.15) is 17.0 Å². The minimum atomic E-state index is -0.240. The molecule has 1 unspecified atom stereocenters. The summed E-state index contributed by atoms with van der Waals surface area (Å²) in [6.45, 7) is 1.66. The second kappa shape index (κ2) is 6.68. The number of piperidine rings is 1. The van der Waals surface area contributed by atoms with Gasteiger partial charge in [0.05, 0.1) is 28.9 Å². The van der Waals surface area contributed by atoms with Gasteiger partial charge in [0.25, 0.3) is 0 Å². The zero-order chi connectivity index (χ0) is 18.4. The maximum Gasteiger partial charge on any atom is 0.115 e. The number of nitrogens with one attached hydrogen (secondary N) is 2. The van der Waals surface area contributed by atoms with Crippen molar-refractivity contribution >= 4 is 28.6 Å². The summed E-state index contributed by atoms with van der Waals surface area (Å²) in [6, 6.07) is 9.47. The van der Waals surface area contributed by atoms with Gasteiger partial charge in [0.2, 0.25) is 0 Å². The highest BCUT2D eigenvalue weighted by atomic mass is 35.5. The summed E-state index contributed by atoms with van der Waals surface area (Å²) in [4.78, 5) is 1.31. The molecule has 2 aromatic rings. The van der Waals surface area contributed by atoms with Crippen molar-refractivity contribution in [2.45, 2.75) is 30.9 Å². The molecular formula is C19H22ClN4O2S+. The maximum absolute atomic E-state index is 9.49. The first-order valence-electron chi connectivity index (χ1n) is 9.18. The first-order valence-corrected chi connectivity index (χ1v) is 10.4. The van der Waals surface area contributed by atoms with Crippen molar-refractivity contribution < 1.29 is 15.4 Å². The number of nitrogens with zero attached hydrogens (tertiary/aromatic N) is 1. The van der Waals surface area contributed by atoms with Crippen molar-refractivity contribution in [3.63, 3.8) is 0 Å². The predicted molar refractivity (Wildman–Crippen MR) is 105 cm³/mol. The van der Waals surface area contributed by atoms with E-state index in [0.29, 0.717) is 0 Å². The number of quaternary nitrogens is 1. The van der Waals surface area contributed by atoms with Crippen LogP contribution in [0.4, 0.5) is 5.69 Å². The first-order chi connectivity index (χ1) is 13.1. The Morgan fingerprint density at radius 2 is 2.19 bits per heavy atom. The molecule has 1 saturated heterocycles. The number of nitrogens with two attached hydrogens (primary N) is 1. The lowest BCUT2D eigenvalue weighted by Gasteiger charge is -2.43. The van der Waals surface area contributed by atoms with Crippen LogP contribution in [0.1, 0.15) is 23.3 Å². The Kier molecular flexibility index (Phi) is 4.29. The van der Waals surface area contributed by atoms with Crippen LogP contribution in [0.3, 0.4) is 0 Å². The Morgan fingerprint density at radius 3 is 3.04 bits per heavy atom. The van der Waals surface area contributed by atoms with Crippen molar-refractivity contribution in [3.8, 4) is 5.75 Å². The standard InChI is InChI=1S/C19H21ClN4O2S/c20-17-9-12-5-8-26-19(18(12)27-17)6-7-21-15(10-19)16-11-24(23-22-16)13-1-3-14(25)4-2-13/h1-4,9,11,15,21-23,25H,5-8,10H2/p+1/t15-,19?/m0/s1. The van der Waals surface area contributed by atoms with Crippen molar-refractivity contribution in [3.05, 3.63) is 57.0 Å². The predicted octanol–water partition coefficient (Wildman–Crippen LogP) is 1.97. The van der Waals surface area contributed by atoms with Crippen LogP contribution in [-0.2, 0) is 16.8 Å². The van der Waals surface area contributed by atoms with E-state index in [4.69, 9.17) is 16.3 Å². The van der Waals surface area contributed by atoms with Gasteiger partial charge in [-0.25, -0.2) is 5.43 Å². The fraction of sp³-hybridized carbons (Fsp3) is 0.368. The van der Waals surface area contributed by atoms with E-state index in [1.54, 1.807) is 23.5 Å². The zero-order valence-corrected chi connectivity index (χ0v) is 16.3. The quantitative estimate of drug-likeness (QED) is 0.575. The Bertz CT molecular complexity index is 884. The summed E-state index contributed by atoms with van der Waals surface area (Å²) in [6.07, 6.45) is 4.90. The van der Waals surface area contributed by atoms with Gasteiger partial charge in [-0.3, -0.25) is 0 Å². The molecule has 1 spiro atoms. The summed E-state index contributed by atoms with van der Waals surface area (Å²) >= 11 is 7.98. The molecule has 0 aliphatic carbocycles. The van der Waals surface area contributed by atoms with E-state index in [-0.39, 0.29) is 17.4 Å². The van der Waals surface area contributed by atoms with Gasteiger partial charge >= 0.3 is 0 Å². The molecule has 5 N–H and O–H groups in total. The van der Waals surface area contributed by atoms with Gasteiger partial charge in [-0.1, -0.05) is 11.6 Å². The molecule has 0 amide bonds. The van der Waals surface area contributed by atoms with E-state index in [2.05, 4.69) is 23.0 Å². The smallest absolute Gasteiger partial charge is 0.115 e. The normalized spacial score (nSPS) is 27.4. The molecule has 0 bridgehead atoms. The molecule has 5 rings (SSSR count). The molecule has 3 aliphatic heterocycles. The number of fused-ring (bicyclic) bond motifs is 2. The van der Waals surface area contributed by atoms with Crippen molar-refractivity contribution in [2.75, 3.05) is 18.2 Å². The van der Waals surface area contributed by atoms with Gasteiger partial charge in [-0.05, 0) is 55.3 Å². The third-order valence-corrected chi connectivity index (χ3v) is 7.06.